The molecule has 0 spiro atoms. The molecule has 1 unspecified atom stereocenters. The van der Waals surface area contributed by atoms with Gasteiger partial charge in [-0.05, 0) is 54.7 Å². The average Bonchev–Trinajstić information content (AvgIpc) is 3.16. The van der Waals surface area contributed by atoms with Gasteiger partial charge in [0.05, 0.1) is 0 Å². The molecule has 2 aromatic rings. The van der Waals surface area contributed by atoms with Crippen LogP contribution < -0.4 is 5.32 Å². The van der Waals surface area contributed by atoms with E-state index in [-0.39, 0.29) is 0 Å². The average molecular weight is 446 g/mol. The van der Waals surface area contributed by atoms with Crippen molar-refractivity contribution < 1.29 is 19.8 Å². The van der Waals surface area contributed by atoms with Crippen molar-refractivity contribution >= 4 is 35.3 Å². The zero-order valence-electron chi connectivity index (χ0n) is 16.4. The van der Waals surface area contributed by atoms with Crippen molar-refractivity contribution in [1.29, 1.82) is 0 Å². The molecule has 0 aromatic heterocycles. The summed E-state index contributed by atoms with van der Waals surface area (Å²) >= 11 is 8.10. The maximum absolute atomic E-state index is 9.55. The first-order chi connectivity index (χ1) is 14.4. The number of carbonyl (C=O) groups is 2. The molecule has 1 heterocycles. The molecule has 158 valence electrons. The molecule has 0 bridgehead atoms. The van der Waals surface area contributed by atoms with Crippen molar-refractivity contribution in [1.82, 2.24) is 5.32 Å². The van der Waals surface area contributed by atoms with Crippen LogP contribution in [0.15, 0.2) is 64.4 Å². The predicted molar refractivity (Wildman–Crippen MR) is 118 cm³/mol. The molecule has 30 heavy (non-hydrogen) atoms. The smallest absolute Gasteiger partial charge is 0.328 e. The van der Waals surface area contributed by atoms with Crippen molar-refractivity contribution in [3.05, 3.63) is 70.8 Å². The van der Waals surface area contributed by atoms with E-state index in [0.29, 0.717) is 24.2 Å². The third kappa shape index (κ3) is 6.36. The highest BCUT2D eigenvalue weighted by Crippen LogP contribution is 2.42. The quantitative estimate of drug-likeness (QED) is 0.551. The molecule has 0 radical (unpaired) electrons. The lowest BCUT2D eigenvalue weighted by Crippen LogP contribution is -2.32. The number of carboxylic acid groups (broad SMARTS) is 2. The second-order valence-corrected chi connectivity index (χ2v) is 8.83. The van der Waals surface area contributed by atoms with Gasteiger partial charge in [0.1, 0.15) is 0 Å². The standard InChI is InChI=1S/C19H20ClNS.C4H4O4/c20-14-9-10-18-13(11-14)12-17(21-15-5-1-2-6-15)16-7-3-4-8-19(16)22-18;5-3(6)1-2-4(7)8/h3-4,7-11,15,17,21H,1-2,5-6,12H2;1-2H,(H,5,6)(H,7,8). The fourth-order valence-electron chi connectivity index (χ4n) is 3.79. The van der Waals surface area contributed by atoms with E-state index in [4.69, 9.17) is 21.8 Å². The summed E-state index contributed by atoms with van der Waals surface area (Å²) in [4.78, 5) is 21.8. The maximum Gasteiger partial charge on any atom is 0.328 e. The van der Waals surface area contributed by atoms with Gasteiger partial charge in [-0.15, -0.1) is 0 Å². The van der Waals surface area contributed by atoms with Crippen LogP contribution in [0.4, 0.5) is 0 Å². The van der Waals surface area contributed by atoms with E-state index in [1.807, 2.05) is 17.8 Å². The number of benzene rings is 2. The monoisotopic (exact) mass is 445 g/mol. The largest absolute Gasteiger partial charge is 0.478 e. The predicted octanol–water partition coefficient (Wildman–Crippen LogP) is 5.33. The molecule has 1 saturated carbocycles. The number of hydrogen-bond donors (Lipinski definition) is 3. The molecule has 7 heteroatoms. The fraction of sp³-hybridized carbons (Fsp3) is 0.304. The Balaban J connectivity index is 0.000000275. The Morgan fingerprint density at radius 1 is 1.00 bits per heavy atom. The highest BCUT2D eigenvalue weighted by atomic mass is 35.5. The Morgan fingerprint density at radius 2 is 1.67 bits per heavy atom. The van der Waals surface area contributed by atoms with Crippen molar-refractivity contribution in [2.45, 2.75) is 54.0 Å². The van der Waals surface area contributed by atoms with Crippen LogP contribution in [-0.2, 0) is 16.0 Å². The Kier molecular flexibility index (Phi) is 7.96. The van der Waals surface area contributed by atoms with E-state index in [9.17, 15) is 9.59 Å². The van der Waals surface area contributed by atoms with Crippen LogP contribution in [0.2, 0.25) is 5.02 Å². The maximum atomic E-state index is 9.55. The van der Waals surface area contributed by atoms with Gasteiger partial charge in [-0.3, -0.25) is 0 Å². The summed E-state index contributed by atoms with van der Waals surface area (Å²) in [6.07, 6.45) is 7.50. The minimum Gasteiger partial charge on any atom is -0.478 e. The molecule has 2 aromatic carbocycles. The third-order valence-electron chi connectivity index (χ3n) is 5.12. The second kappa shape index (κ2) is 10.7. The summed E-state index contributed by atoms with van der Waals surface area (Å²) in [6, 6.07) is 16.2. The first kappa shape index (κ1) is 22.4. The Bertz CT molecular complexity index is 925. The van der Waals surface area contributed by atoms with Gasteiger partial charge >= 0.3 is 11.9 Å². The number of halogens is 1. The molecule has 1 atom stereocenters. The molecule has 1 aliphatic carbocycles. The van der Waals surface area contributed by atoms with E-state index in [1.165, 1.54) is 46.6 Å². The number of hydrogen-bond acceptors (Lipinski definition) is 4. The lowest BCUT2D eigenvalue weighted by Gasteiger charge is -2.23. The highest BCUT2D eigenvalue weighted by Gasteiger charge is 2.26. The highest BCUT2D eigenvalue weighted by molar-refractivity contribution is 7.99. The van der Waals surface area contributed by atoms with Crippen molar-refractivity contribution in [3.8, 4) is 0 Å². The minimum absolute atomic E-state index is 0.395. The van der Waals surface area contributed by atoms with Crippen LogP contribution in [-0.4, -0.2) is 28.2 Å². The van der Waals surface area contributed by atoms with E-state index < -0.39 is 11.9 Å². The summed E-state index contributed by atoms with van der Waals surface area (Å²) in [7, 11) is 0. The normalized spacial score (nSPS) is 18.1. The number of nitrogens with one attached hydrogen (secondary N) is 1. The van der Waals surface area contributed by atoms with Crippen molar-refractivity contribution in [3.63, 3.8) is 0 Å². The SMILES string of the molecule is Clc1ccc2c(c1)CC(NC1CCCC1)c1ccccc1S2.O=C(O)C=CC(=O)O. The van der Waals surface area contributed by atoms with Gasteiger partial charge in [-0.1, -0.05) is 54.4 Å². The summed E-state index contributed by atoms with van der Waals surface area (Å²) in [5, 5.41) is 20.4. The van der Waals surface area contributed by atoms with E-state index in [1.54, 1.807) is 0 Å². The van der Waals surface area contributed by atoms with Crippen molar-refractivity contribution in [2.24, 2.45) is 0 Å². The zero-order chi connectivity index (χ0) is 21.5. The molecular formula is C23H24ClNO4S. The number of carboxylic acids is 2. The van der Waals surface area contributed by atoms with Crippen LogP contribution in [0.25, 0.3) is 0 Å². The molecule has 1 aliphatic heterocycles. The van der Waals surface area contributed by atoms with Gasteiger partial charge < -0.3 is 15.5 Å². The summed E-state index contributed by atoms with van der Waals surface area (Å²) in [5.41, 5.74) is 2.80. The molecule has 0 amide bonds. The summed E-state index contributed by atoms with van der Waals surface area (Å²) in [6.45, 7) is 0. The van der Waals surface area contributed by atoms with E-state index >= 15 is 0 Å². The topological polar surface area (TPSA) is 86.6 Å². The van der Waals surface area contributed by atoms with Crippen LogP contribution in [0.5, 0.6) is 0 Å². The van der Waals surface area contributed by atoms with Gasteiger partial charge in [-0.25, -0.2) is 9.59 Å². The Morgan fingerprint density at radius 3 is 2.33 bits per heavy atom. The molecule has 0 saturated heterocycles. The minimum atomic E-state index is -1.26. The Hall–Kier alpha value is -2.28. The molecule has 4 rings (SSSR count). The first-order valence-electron chi connectivity index (χ1n) is 9.87. The van der Waals surface area contributed by atoms with Crippen LogP contribution in [0.1, 0.15) is 42.9 Å². The molecule has 1 fully saturated rings. The van der Waals surface area contributed by atoms with Crippen molar-refractivity contribution in [2.75, 3.05) is 0 Å². The van der Waals surface area contributed by atoms with Gasteiger partial charge in [0.15, 0.2) is 0 Å². The number of rotatable bonds is 4. The number of fused-ring (bicyclic) bond motifs is 2. The second-order valence-electron chi connectivity index (χ2n) is 7.31. The molecule has 3 N–H and O–H groups in total. The molecule has 5 nitrogen and oxygen atoms in total. The lowest BCUT2D eigenvalue weighted by molar-refractivity contribution is -0.134. The summed E-state index contributed by atoms with van der Waals surface area (Å²) in [5.74, 6) is -2.51. The van der Waals surface area contributed by atoms with Gasteiger partial charge in [-0.2, -0.15) is 0 Å². The fourth-order valence-corrected chi connectivity index (χ4v) is 5.10. The third-order valence-corrected chi connectivity index (χ3v) is 6.57. The van der Waals surface area contributed by atoms with E-state index in [2.05, 4.69) is 41.7 Å². The first-order valence-corrected chi connectivity index (χ1v) is 11.1. The van der Waals surface area contributed by atoms with Gasteiger partial charge in [0.2, 0.25) is 0 Å². The van der Waals surface area contributed by atoms with Crippen LogP contribution >= 0.6 is 23.4 Å². The van der Waals surface area contributed by atoms with Crippen LogP contribution in [0.3, 0.4) is 0 Å². The molecular weight excluding hydrogens is 422 g/mol. The zero-order valence-corrected chi connectivity index (χ0v) is 18.0. The van der Waals surface area contributed by atoms with Gasteiger partial charge in [0.25, 0.3) is 0 Å². The molecule has 2 aliphatic rings. The number of aliphatic carboxylic acids is 2. The summed E-state index contributed by atoms with van der Waals surface area (Å²) < 4.78 is 0. The van der Waals surface area contributed by atoms with E-state index in [0.717, 1.165) is 11.4 Å². The Labute approximate surface area is 185 Å². The van der Waals surface area contributed by atoms with Crippen LogP contribution in [0, 0.1) is 0 Å². The van der Waals surface area contributed by atoms with Gasteiger partial charge in [0, 0.05) is 39.0 Å². The lowest BCUT2D eigenvalue weighted by atomic mass is 9.97.